The lowest BCUT2D eigenvalue weighted by Crippen LogP contribution is -2.30. The molecule has 29 heavy (non-hydrogen) atoms. The minimum Gasteiger partial charge on any atom is -0.365 e. The fourth-order valence-corrected chi connectivity index (χ4v) is 4.38. The topological polar surface area (TPSA) is 75.5 Å². The predicted molar refractivity (Wildman–Crippen MR) is 111 cm³/mol. The lowest BCUT2D eigenvalue weighted by atomic mass is 10.1. The van der Waals surface area contributed by atoms with Crippen molar-refractivity contribution in [2.75, 3.05) is 16.8 Å². The lowest BCUT2D eigenvalue weighted by molar-refractivity contribution is -0.385. The second-order valence-electron chi connectivity index (χ2n) is 6.87. The van der Waals surface area contributed by atoms with Gasteiger partial charge in [-0.3, -0.25) is 14.9 Å². The number of para-hydroxylation sites is 2. The standard InChI is InChI=1S/C21H18FN3O3S/c1-13-16(22)10-15(11-19(13)25(27)28)21(26)23-17-4-2-3-5-18(17)24-8-6-20-14(12-24)7-9-29-20/h2-5,7,9-11H,6,8,12H2,1H3,(H,23,26). The number of anilines is 2. The van der Waals surface area contributed by atoms with Crippen LogP contribution < -0.4 is 10.2 Å². The summed E-state index contributed by atoms with van der Waals surface area (Å²) in [5.41, 5.74) is 2.13. The molecule has 0 saturated carbocycles. The van der Waals surface area contributed by atoms with E-state index < -0.39 is 22.3 Å². The van der Waals surface area contributed by atoms with E-state index >= 15 is 0 Å². The third kappa shape index (κ3) is 3.71. The van der Waals surface area contributed by atoms with Crippen molar-refractivity contribution in [3.05, 3.63) is 85.3 Å². The van der Waals surface area contributed by atoms with Gasteiger partial charge in [-0.1, -0.05) is 12.1 Å². The van der Waals surface area contributed by atoms with Crippen LogP contribution in [0.15, 0.2) is 47.8 Å². The number of benzene rings is 2. The van der Waals surface area contributed by atoms with Crippen molar-refractivity contribution >= 4 is 34.3 Å². The summed E-state index contributed by atoms with van der Waals surface area (Å²) in [6.45, 7) is 2.89. The summed E-state index contributed by atoms with van der Waals surface area (Å²) in [5.74, 6) is -1.37. The number of hydrogen-bond donors (Lipinski definition) is 1. The Morgan fingerprint density at radius 3 is 2.86 bits per heavy atom. The maximum atomic E-state index is 14.1. The van der Waals surface area contributed by atoms with Crippen LogP contribution in [-0.4, -0.2) is 17.4 Å². The first-order valence-electron chi connectivity index (χ1n) is 9.09. The third-order valence-electron chi connectivity index (χ3n) is 5.08. The van der Waals surface area contributed by atoms with Crippen molar-refractivity contribution in [2.24, 2.45) is 0 Å². The molecule has 0 fully saturated rings. The number of nitrogens with zero attached hydrogens (tertiary/aromatic N) is 2. The quantitative estimate of drug-likeness (QED) is 0.488. The van der Waals surface area contributed by atoms with Gasteiger partial charge < -0.3 is 10.2 Å². The van der Waals surface area contributed by atoms with Gasteiger partial charge in [0.25, 0.3) is 11.6 Å². The van der Waals surface area contributed by atoms with Crippen molar-refractivity contribution in [3.8, 4) is 0 Å². The molecule has 0 aliphatic carbocycles. The fraction of sp³-hybridized carbons (Fsp3) is 0.190. The van der Waals surface area contributed by atoms with E-state index in [2.05, 4.69) is 21.7 Å². The van der Waals surface area contributed by atoms with E-state index in [1.165, 1.54) is 17.4 Å². The molecule has 6 nitrogen and oxygen atoms in total. The Bertz CT molecular complexity index is 1110. The largest absolute Gasteiger partial charge is 0.365 e. The minimum atomic E-state index is -0.779. The van der Waals surface area contributed by atoms with E-state index in [0.717, 1.165) is 37.3 Å². The van der Waals surface area contributed by atoms with Crippen LogP contribution in [0.4, 0.5) is 21.5 Å². The highest BCUT2D eigenvalue weighted by Gasteiger charge is 2.22. The number of fused-ring (bicyclic) bond motifs is 1. The molecule has 148 valence electrons. The molecule has 2 aromatic carbocycles. The molecule has 0 atom stereocenters. The summed E-state index contributed by atoms with van der Waals surface area (Å²) in [5, 5.41) is 16.0. The molecule has 0 saturated heterocycles. The molecule has 1 N–H and O–H groups in total. The SMILES string of the molecule is Cc1c(F)cc(C(=O)Nc2ccccc2N2CCc3sccc3C2)cc1[N+](=O)[O-]. The Hall–Kier alpha value is -3.26. The zero-order valence-electron chi connectivity index (χ0n) is 15.6. The van der Waals surface area contributed by atoms with Gasteiger partial charge in [0.1, 0.15) is 5.82 Å². The van der Waals surface area contributed by atoms with Crippen LogP contribution in [0.2, 0.25) is 0 Å². The highest BCUT2D eigenvalue weighted by molar-refractivity contribution is 7.10. The monoisotopic (exact) mass is 411 g/mol. The van der Waals surface area contributed by atoms with Crippen LogP contribution in [-0.2, 0) is 13.0 Å². The number of thiophene rings is 1. The Labute approximate surface area is 170 Å². The molecule has 8 heteroatoms. The van der Waals surface area contributed by atoms with Crippen LogP contribution in [0.1, 0.15) is 26.4 Å². The lowest BCUT2D eigenvalue weighted by Gasteiger charge is -2.30. The third-order valence-corrected chi connectivity index (χ3v) is 6.10. The molecule has 3 aromatic rings. The zero-order valence-corrected chi connectivity index (χ0v) is 16.5. The van der Waals surface area contributed by atoms with Gasteiger partial charge in [-0.05, 0) is 48.6 Å². The van der Waals surface area contributed by atoms with Crippen LogP contribution in [0.5, 0.6) is 0 Å². The predicted octanol–water partition coefficient (Wildman–Crippen LogP) is 4.92. The molecule has 1 aliphatic rings. The highest BCUT2D eigenvalue weighted by Crippen LogP contribution is 2.33. The molecule has 1 aliphatic heterocycles. The molecule has 1 aromatic heterocycles. The van der Waals surface area contributed by atoms with Crippen molar-refractivity contribution in [2.45, 2.75) is 19.9 Å². The summed E-state index contributed by atoms with van der Waals surface area (Å²) in [4.78, 5) is 26.8. The summed E-state index contributed by atoms with van der Waals surface area (Å²) in [6, 6.07) is 11.6. The number of nitro groups is 1. The first kappa shape index (κ1) is 19.1. The maximum absolute atomic E-state index is 14.1. The van der Waals surface area contributed by atoms with E-state index in [1.54, 1.807) is 23.5 Å². The number of carbonyl (C=O) groups is 1. The Balaban J connectivity index is 1.61. The van der Waals surface area contributed by atoms with Crippen LogP contribution in [0.25, 0.3) is 0 Å². The second-order valence-corrected chi connectivity index (χ2v) is 7.87. The minimum absolute atomic E-state index is 0.0895. The molecular weight excluding hydrogens is 393 g/mol. The van der Waals surface area contributed by atoms with E-state index in [4.69, 9.17) is 0 Å². The number of carbonyl (C=O) groups excluding carboxylic acids is 1. The molecule has 2 heterocycles. The smallest absolute Gasteiger partial charge is 0.276 e. The summed E-state index contributed by atoms with van der Waals surface area (Å²) in [7, 11) is 0. The van der Waals surface area contributed by atoms with Gasteiger partial charge in [-0.15, -0.1) is 11.3 Å². The fourth-order valence-electron chi connectivity index (χ4n) is 3.49. The van der Waals surface area contributed by atoms with Crippen LogP contribution >= 0.6 is 11.3 Å². The van der Waals surface area contributed by atoms with Crippen molar-refractivity contribution < 1.29 is 14.1 Å². The summed E-state index contributed by atoms with van der Waals surface area (Å²) >= 11 is 1.75. The zero-order chi connectivity index (χ0) is 20.5. The molecular formula is C21H18FN3O3S. The molecule has 4 rings (SSSR count). The van der Waals surface area contributed by atoms with Crippen LogP contribution in [0.3, 0.4) is 0 Å². The summed E-state index contributed by atoms with van der Waals surface area (Å²) < 4.78 is 14.1. The first-order valence-corrected chi connectivity index (χ1v) is 9.97. The van der Waals surface area contributed by atoms with Crippen molar-refractivity contribution in [1.82, 2.24) is 0 Å². The van der Waals surface area contributed by atoms with Gasteiger partial charge in [0, 0.05) is 29.6 Å². The average molecular weight is 411 g/mol. The number of halogens is 1. The highest BCUT2D eigenvalue weighted by atomic mass is 32.1. The molecule has 0 bridgehead atoms. The number of rotatable bonds is 4. The molecule has 0 spiro atoms. The van der Waals surface area contributed by atoms with Crippen LogP contribution in [0, 0.1) is 22.9 Å². The van der Waals surface area contributed by atoms with Gasteiger partial charge in [-0.25, -0.2) is 4.39 Å². The number of amides is 1. The van der Waals surface area contributed by atoms with Gasteiger partial charge >= 0.3 is 0 Å². The van der Waals surface area contributed by atoms with Gasteiger partial charge in [-0.2, -0.15) is 0 Å². The summed E-state index contributed by atoms with van der Waals surface area (Å²) in [6.07, 6.45) is 0.935. The van der Waals surface area contributed by atoms with Gasteiger partial charge in [0.05, 0.1) is 21.9 Å². The van der Waals surface area contributed by atoms with Gasteiger partial charge in [0.2, 0.25) is 0 Å². The van der Waals surface area contributed by atoms with E-state index in [-0.39, 0.29) is 11.1 Å². The van der Waals surface area contributed by atoms with Gasteiger partial charge in [0.15, 0.2) is 0 Å². The normalized spacial score (nSPS) is 13.1. The van der Waals surface area contributed by atoms with E-state index in [9.17, 15) is 19.3 Å². The average Bonchev–Trinajstić information content (AvgIpc) is 3.18. The number of hydrogen-bond acceptors (Lipinski definition) is 5. The van der Waals surface area contributed by atoms with Crippen molar-refractivity contribution in [3.63, 3.8) is 0 Å². The van der Waals surface area contributed by atoms with Crippen molar-refractivity contribution in [1.29, 1.82) is 0 Å². The maximum Gasteiger partial charge on any atom is 0.276 e. The van der Waals surface area contributed by atoms with E-state index in [0.29, 0.717) is 5.69 Å². The Kier molecular flexibility index (Phi) is 5.02. The first-order chi connectivity index (χ1) is 13.9. The number of nitro benzene ring substituents is 1. The molecule has 0 unspecified atom stereocenters. The second kappa shape index (κ2) is 7.63. The Morgan fingerprint density at radius 1 is 1.28 bits per heavy atom. The molecule has 0 radical (unpaired) electrons. The number of nitrogens with one attached hydrogen (secondary N) is 1. The Morgan fingerprint density at radius 2 is 2.07 bits per heavy atom. The van der Waals surface area contributed by atoms with E-state index in [1.807, 2.05) is 12.1 Å². The molecule has 1 amide bonds.